The quantitative estimate of drug-likeness (QED) is 0.811. The summed E-state index contributed by atoms with van der Waals surface area (Å²) in [6.07, 6.45) is 0. The van der Waals surface area contributed by atoms with Gasteiger partial charge in [-0.05, 0) is 31.2 Å². The third-order valence-electron chi connectivity index (χ3n) is 2.91. The first-order valence-corrected chi connectivity index (χ1v) is 8.21. The van der Waals surface area contributed by atoms with Gasteiger partial charge in [0, 0.05) is 12.6 Å². The normalized spacial score (nSPS) is 11.7. The lowest BCUT2D eigenvalue weighted by Gasteiger charge is -2.07. The smallest absolute Gasteiger partial charge is 0.240 e. The molecule has 7 heteroatoms. The van der Waals surface area contributed by atoms with Crippen LogP contribution in [-0.4, -0.2) is 20.1 Å². The second-order valence-corrected chi connectivity index (χ2v) is 6.45. The first-order chi connectivity index (χ1) is 10.0. The van der Waals surface area contributed by atoms with Crippen LogP contribution in [0.25, 0.3) is 0 Å². The van der Waals surface area contributed by atoms with Crippen molar-refractivity contribution in [2.24, 2.45) is 0 Å². The Kier molecular flexibility index (Phi) is 5.11. The maximum atomic E-state index is 12.2. The SMILES string of the molecule is CCNCc1cccc(S(=O)(=O)NCc2cc(C)on2)c1. The van der Waals surface area contributed by atoms with E-state index in [0.717, 1.165) is 12.1 Å². The van der Waals surface area contributed by atoms with Crippen LogP contribution >= 0.6 is 0 Å². The lowest BCUT2D eigenvalue weighted by Crippen LogP contribution is -2.23. The maximum Gasteiger partial charge on any atom is 0.240 e. The van der Waals surface area contributed by atoms with E-state index in [9.17, 15) is 8.42 Å². The van der Waals surface area contributed by atoms with Crippen molar-refractivity contribution in [3.05, 3.63) is 47.3 Å². The van der Waals surface area contributed by atoms with Crippen molar-refractivity contribution in [2.75, 3.05) is 6.54 Å². The third-order valence-corrected chi connectivity index (χ3v) is 4.31. The summed E-state index contributed by atoms with van der Waals surface area (Å²) in [6.45, 7) is 5.34. The molecule has 0 aliphatic rings. The molecule has 0 radical (unpaired) electrons. The van der Waals surface area contributed by atoms with Gasteiger partial charge in [-0.3, -0.25) is 0 Å². The molecular weight excluding hydrogens is 290 g/mol. The summed E-state index contributed by atoms with van der Waals surface area (Å²) < 4.78 is 31.9. The Morgan fingerprint density at radius 3 is 2.71 bits per heavy atom. The number of nitrogens with zero attached hydrogens (tertiary/aromatic N) is 1. The standard InChI is InChI=1S/C14H19N3O3S/c1-3-15-9-12-5-4-6-14(8-12)21(18,19)16-10-13-7-11(2)20-17-13/h4-8,15-16H,3,9-10H2,1-2H3. The highest BCUT2D eigenvalue weighted by Gasteiger charge is 2.15. The Balaban J connectivity index is 2.08. The fraction of sp³-hybridized carbons (Fsp3) is 0.357. The molecule has 1 aromatic carbocycles. The summed E-state index contributed by atoms with van der Waals surface area (Å²) in [7, 11) is -3.56. The minimum atomic E-state index is -3.56. The average molecular weight is 309 g/mol. The van der Waals surface area contributed by atoms with Gasteiger partial charge in [-0.25, -0.2) is 13.1 Å². The molecule has 0 spiro atoms. The predicted molar refractivity (Wildman–Crippen MR) is 79.1 cm³/mol. The number of aromatic nitrogens is 1. The van der Waals surface area contributed by atoms with Crippen LogP contribution in [0.15, 0.2) is 39.8 Å². The van der Waals surface area contributed by atoms with Crippen molar-refractivity contribution >= 4 is 10.0 Å². The predicted octanol–water partition coefficient (Wildman–Crippen LogP) is 1.57. The summed E-state index contributed by atoms with van der Waals surface area (Å²) >= 11 is 0. The number of nitrogens with one attached hydrogen (secondary N) is 2. The molecule has 2 N–H and O–H groups in total. The second-order valence-electron chi connectivity index (χ2n) is 4.68. The highest BCUT2D eigenvalue weighted by molar-refractivity contribution is 7.89. The van der Waals surface area contributed by atoms with E-state index in [1.807, 2.05) is 13.0 Å². The zero-order valence-corrected chi connectivity index (χ0v) is 12.9. The number of sulfonamides is 1. The molecule has 0 atom stereocenters. The molecule has 0 bridgehead atoms. The second kappa shape index (κ2) is 6.84. The van der Waals surface area contributed by atoms with E-state index in [2.05, 4.69) is 15.2 Å². The highest BCUT2D eigenvalue weighted by atomic mass is 32.2. The summed E-state index contributed by atoms with van der Waals surface area (Å²) in [5.41, 5.74) is 1.48. The van der Waals surface area contributed by atoms with Crippen LogP contribution in [0.2, 0.25) is 0 Å². The van der Waals surface area contributed by atoms with Crippen molar-refractivity contribution in [3.63, 3.8) is 0 Å². The zero-order chi connectivity index (χ0) is 15.3. The molecule has 21 heavy (non-hydrogen) atoms. The molecular formula is C14H19N3O3S. The monoisotopic (exact) mass is 309 g/mol. The first-order valence-electron chi connectivity index (χ1n) is 6.73. The van der Waals surface area contributed by atoms with Gasteiger partial charge in [0.1, 0.15) is 5.76 Å². The Labute approximate surface area is 124 Å². The molecule has 114 valence electrons. The van der Waals surface area contributed by atoms with Gasteiger partial charge in [0.15, 0.2) is 0 Å². The summed E-state index contributed by atoms with van der Waals surface area (Å²) in [5.74, 6) is 0.650. The van der Waals surface area contributed by atoms with Crippen LogP contribution in [0.3, 0.4) is 0 Å². The van der Waals surface area contributed by atoms with Gasteiger partial charge in [-0.15, -0.1) is 0 Å². The maximum absolute atomic E-state index is 12.2. The number of benzene rings is 1. The molecule has 0 aliphatic heterocycles. The molecule has 6 nitrogen and oxygen atoms in total. The van der Waals surface area contributed by atoms with Gasteiger partial charge >= 0.3 is 0 Å². The van der Waals surface area contributed by atoms with Crippen LogP contribution in [-0.2, 0) is 23.1 Å². The van der Waals surface area contributed by atoms with Crippen molar-refractivity contribution < 1.29 is 12.9 Å². The van der Waals surface area contributed by atoms with E-state index >= 15 is 0 Å². The minimum absolute atomic E-state index is 0.108. The Bertz CT molecular complexity index is 695. The third kappa shape index (κ3) is 4.38. The van der Waals surface area contributed by atoms with Gasteiger partial charge in [-0.2, -0.15) is 0 Å². The van der Waals surface area contributed by atoms with Crippen LogP contribution in [0.5, 0.6) is 0 Å². The number of hydrogen-bond donors (Lipinski definition) is 2. The first kappa shape index (κ1) is 15.7. The lowest BCUT2D eigenvalue weighted by molar-refractivity contribution is 0.390. The molecule has 0 amide bonds. The fourth-order valence-corrected chi connectivity index (χ4v) is 2.91. The van der Waals surface area contributed by atoms with Gasteiger partial charge in [0.25, 0.3) is 0 Å². The van der Waals surface area contributed by atoms with Gasteiger partial charge < -0.3 is 9.84 Å². The van der Waals surface area contributed by atoms with Crippen molar-refractivity contribution in [2.45, 2.75) is 31.8 Å². The van der Waals surface area contributed by atoms with E-state index in [4.69, 9.17) is 4.52 Å². The molecule has 0 saturated carbocycles. The van der Waals surface area contributed by atoms with E-state index in [0.29, 0.717) is 18.0 Å². The highest BCUT2D eigenvalue weighted by Crippen LogP contribution is 2.12. The number of hydrogen-bond acceptors (Lipinski definition) is 5. The molecule has 1 heterocycles. The zero-order valence-electron chi connectivity index (χ0n) is 12.1. The molecule has 0 saturated heterocycles. The van der Waals surface area contributed by atoms with Crippen LogP contribution in [0.4, 0.5) is 0 Å². The van der Waals surface area contributed by atoms with E-state index in [-0.39, 0.29) is 11.4 Å². The van der Waals surface area contributed by atoms with Crippen LogP contribution in [0, 0.1) is 6.92 Å². The van der Waals surface area contributed by atoms with Gasteiger partial charge in [0.2, 0.25) is 10.0 Å². The molecule has 0 fully saturated rings. The topological polar surface area (TPSA) is 84.2 Å². The van der Waals surface area contributed by atoms with Crippen molar-refractivity contribution in [3.8, 4) is 0 Å². The van der Waals surface area contributed by atoms with Crippen molar-refractivity contribution in [1.82, 2.24) is 15.2 Å². The largest absolute Gasteiger partial charge is 0.361 e. The van der Waals surface area contributed by atoms with E-state index in [1.165, 1.54) is 0 Å². The van der Waals surface area contributed by atoms with Crippen molar-refractivity contribution in [1.29, 1.82) is 0 Å². The Hall–Kier alpha value is -1.70. The number of rotatable bonds is 7. The van der Waals surface area contributed by atoms with Crippen LogP contribution < -0.4 is 10.0 Å². The average Bonchev–Trinajstić information content (AvgIpc) is 2.89. The van der Waals surface area contributed by atoms with E-state index in [1.54, 1.807) is 31.2 Å². The lowest BCUT2D eigenvalue weighted by atomic mass is 10.2. The molecule has 0 unspecified atom stereocenters. The molecule has 2 aromatic rings. The minimum Gasteiger partial charge on any atom is -0.361 e. The summed E-state index contributed by atoms with van der Waals surface area (Å²) in [4.78, 5) is 0.248. The molecule has 1 aromatic heterocycles. The van der Waals surface area contributed by atoms with Gasteiger partial charge in [0.05, 0.1) is 17.1 Å². The summed E-state index contributed by atoms with van der Waals surface area (Å²) in [6, 6.07) is 8.57. The fourth-order valence-electron chi connectivity index (χ4n) is 1.85. The number of aryl methyl sites for hydroxylation is 1. The summed E-state index contributed by atoms with van der Waals surface area (Å²) in [5, 5.41) is 6.92. The Morgan fingerprint density at radius 2 is 2.05 bits per heavy atom. The van der Waals surface area contributed by atoms with E-state index < -0.39 is 10.0 Å². The van der Waals surface area contributed by atoms with Crippen LogP contribution in [0.1, 0.15) is 23.9 Å². The Morgan fingerprint density at radius 1 is 1.24 bits per heavy atom. The van der Waals surface area contributed by atoms with Gasteiger partial charge in [-0.1, -0.05) is 24.2 Å². The molecule has 2 rings (SSSR count). The molecule has 0 aliphatic carbocycles.